The van der Waals surface area contributed by atoms with Gasteiger partial charge in [-0.15, -0.1) is 10.2 Å². The van der Waals surface area contributed by atoms with Crippen molar-refractivity contribution in [2.45, 2.75) is 26.3 Å². The zero-order chi connectivity index (χ0) is 16.4. The molecule has 1 aromatic carbocycles. The quantitative estimate of drug-likeness (QED) is 0.791. The van der Waals surface area contributed by atoms with Crippen LogP contribution in [0.5, 0.6) is 0 Å². The van der Waals surface area contributed by atoms with E-state index in [0.29, 0.717) is 10.5 Å². The summed E-state index contributed by atoms with van der Waals surface area (Å²) in [5, 5.41) is 17.2. The maximum Gasteiger partial charge on any atom is 0.275 e. The highest BCUT2D eigenvalue weighted by Gasteiger charge is 2.12. The van der Waals surface area contributed by atoms with E-state index in [9.17, 15) is 9.59 Å². The minimum absolute atomic E-state index is 0.166. The van der Waals surface area contributed by atoms with Crippen LogP contribution in [0.2, 0.25) is 0 Å². The fourth-order valence-electron chi connectivity index (χ4n) is 2.05. The number of amides is 1. The van der Waals surface area contributed by atoms with Gasteiger partial charge in [0.2, 0.25) is 11.0 Å². The number of aromatic nitrogens is 4. The molecule has 0 atom stereocenters. The lowest BCUT2D eigenvalue weighted by molar-refractivity contribution is -0.117. The van der Waals surface area contributed by atoms with Gasteiger partial charge in [-0.3, -0.25) is 14.9 Å². The summed E-state index contributed by atoms with van der Waals surface area (Å²) in [5.41, 5.74) is -0.293. The van der Waals surface area contributed by atoms with Crippen LogP contribution < -0.4 is 10.9 Å². The minimum atomic E-state index is -0.360. The van der Waals surface area contributed by atoms with E-state index in [2.05, 4.69) is 20.6 Å². The summed E-state index contributed by atoms with van der Waals surface area (Å²) in [4.78, 5) is 24.4. The number of carbonyl (C=O) groups is 1. The van der Waals surface area contributed by atoms with Gasteiger partial charge in [-0.05, 0) is 6.07 Å². The van der Waals surface area contributed by atoms with E-state index in [4.69, 9.17) is 0 Å². The van der Waals surface area contributed by atoms with E-state index in [0.717, 1.165) is 15.1 Å². The Balaban J connectivity index is 1.77. The Hall–Kier alpha value is -2.61. The number of carbonyl (C=O) groups excluding carboxylic acids is 1. The molecule has 3 rings (SSSR count). The molecule has 7 nitrogen and oxygen atoms in total. The van der Waals surface area contributed by atoms with E-state index < -0.39 is 0 Å². The van der Waals surface area contributed by atoms with Crippen LogP contribution in [-0.4, -0.2) is 25.9 Å². The average molecular weight is 329 g/mol. The van der Waals surface area contributed by atoms with Crippen LogP contribution in [0.4, 0.5) is 5.13 Å². The summed E-state index contributed by atoms with van der Waals surface area (Å²) < 4.78 is 1.14. The lowest BCUT2D eigenvalue weighted by Crippen LogP contribution is -2.29. The largest absolute Gasteiger partial charge is 0.299 e. The molecule has 8 heteroatoms. The number of anilines is 1. The first-order chi connectivity index (χ1) is 11.0. The molecular formula is C15H15N5O2S. The highest BCUT2D eigenvalue weighted by atomic mass is 32.1. The molecule has 2 heterocycles. The van der Waals surface area contributed by atoms with Crippen LogP contribution in [0.15, 0.2) is 35.3 Å². The molecule has 118 valence electrons. The molecular weight excluding hydrogens is 314 g/mol. The molecule has 0 bridgehead atoms. The predicted octanol–water partition coefficient (Wildman–Crippen LogP) is 2.01. The van der Waals surface area contributed by atoms with E-state index in [1.807, 2.05) is 26.0 Å². The van der Waals surface area contributed by atoms with Crippen molar-refractivity contribution in [1.82, 2.24) is 20.0 Å². The topological polar surface area (TPSA) is 89.8 Å². The summed E-state index contributed by atoms with van der Waals surface area (Å²) in [6, 6.07) is 7.14. The van der Waals surface area contributed by atoms with E-state index in [1.54, 1.807) is 18.3 Å². The highest BCUT2D eigenvalue weighted by Crippen LogP contribution is 2.22. The summed E-state index contributed by atoms with van der Waals surface area (Å²) in [6.07, 6.45) is 1.58. The van der Waals surface area contributed by atoms with E-state index >= 15 is 0 Å². The van der Waals surface area contributed by atoms with Crippen LogP contribution in [-0.2, 0) is 11.3 Å². The van der Waals surface area contributed by atoms with Crippen molar-refractivity contribution >= 4 is 33.1 Å². The molecule has 2 aromatic heterocycles. The second-order valence-electron chi connectivity index (χ2n) is 5.34. The third-order valence-corrected chi connectivity index (χ3v) is 4.38. The first-order valence-corrected chi connectivity index (χ1v) is 7.94. The molecule has 0 saturated carbocycles. The number of rotatable bonds is 4. The Kier molecular flexibility index (Phi) is 4.16. The Morgan fingerprint density at radius 2 is 2.09 bits per heavy atom. The highest BCUT2D eigenvalue weighted by molar-refractivity contribution is 7.15. The van der Waals surface area contributed by atoms with Gasteiger partial charge >= 0.3 is 0 Å². The zero-order valence-electron chi connectivity index (χ0n) is 12.7. The number of nitrogens with zero attached hydrogens (tertiary/aromatic N) is 4. The SMILES string of the molecule is CC(C)c1nnc(NC(=O)Cn2ncc3ccccc3c2=O)s1. The normalized spacial score (nSPS) is 11.1. The minimum Gasteiger partial charge on any atom is -0.299 e. The second-order valence-corrected chi connectivity index (χ2v) is 6.35. The van der Waals surface area contributed by atoms with Crippen LogP contribution in [0.1, 0.15) is 24.8 Å². The predicted molar refractivity (Wildman–Crippen MR) is 88.6 cm³/mol. The molecule has 0 fully saturated rings. The van der Waals surface area contributed by atoms with Crippen molar-refractivity contribution in [3.63, 3.8) is 0 Å². The Labute approximate surface area is 136 Å². The van der Waals surface area contributed by atoms with Crippen LogP contribution in [0.3, 0.4) is 0 Å². The fourth-order valence-corrected chi connectivity index (χ4v) is 2.82. The molecule has 1 N–H and O–H groups in total. The smallest absolute Gasteiger partial charge is 0.275 e. The summed E-state index contributed by atoms with van der Waals surface area (Å²) in [6.45, 7) is 3.84. The number of fused-ring (bicyclic) bond motifs is 1. The zero-order valence-corrected chi connectivity index (χ0v) is 13.5. The molecule has 3 aromatic rings. The maximum atomic E-state index is 12.3. The average Bonchev–Trinajstić information content (AvgIpc) is 2.99. The van der Waals surface area contributed by atoms with Gasteiger partial charge in [0, 0.05) is 11.3 Å². The first kappa shape index (κ1) is 15.3. The molecule has 0 saturated heterocycles. The number of hydrogen-bond acceptors (Lipinski definition) is 6. The van der Waals surface area contributed by atoms with Gasteiger partial charge in [-0.25, -0.2) is 4.68 Å². The van der Waals surface area contributed by atoms with Crippen molar-refractivity contribution in [2.24, 2.45) is 0 Å². The Morgan fingerprint density at radius 1 is 1.30 bits per heavy atom. The molecule has 0 aliphatic heterocycles. The van der Waals surface area contributed by atoms with Gasteiger partial charge in [0.15, 0.2) is 0 Å². The molecule has 0 spiro atoms. The van der Waals surface area contributed by atoms with Gasteiger partial charge in [0.25, 0.3) is 5.56 Å². The Bertz CT molecular complexity index is 915. The van der Waals surface area contributed by atoms with Crippen molar-refractivity contribution in [3.05, 3.63) is 45.8 Å². The summed E-state index contributed by atoms with van der Waals surface area (Å²) in [7, 11) is 0. The number of hydrogen-bond donors (Lipinski definition) is 1. The molecule has 0 aliphatic carbocycles. The van der Waals surface area contributed by atoms with Gasteiger partial charge < -0.3 is 0 Å². The maximum absolute atomic E-state index is 12.3. The molecule has 0 radical (unpaired) electrons. The lowest BCUT2D eigenvalue weighted by Gasteiger charge is -2.05. The number of benzene rings is 1. The second kappa shape index (κ2) is 6.25. The molecule has 1 amide bonds. The summed E-state index contributed by atoms with van der Waals surface area (Å²) >= 11 is 1.32. The first-order valence-electron chi connectivity index (χ1n) is 7.12. The summed E-state index contributed by atoms with van der Waals surface area (Å²) in [5.74, 6) is -0.107. The van der Waals surface area contributed by atoms with Crippen molar-refractivity contribution in [1.29, 1.82) is 0 Å². The monoisotopic (exact) mass is 329 g/mol. The molecule has 0 aliphatic rings. The van der Waals surface area contributed by atoms with E-state index in [-0.39, 0.29) is 23.9 Å². The van der Waals surface area contributed by atoms with Crippen molar-refractivity contribution in [3.8, 4) is 0 Å². The van der Waals surface area contributed by atoms with Gasteiger partial charge in [-0.2, -0.15) is 5.10 Å². The van der Waals surface area contributed by atoms with E-state index in [1.165, 1.54) is 11.3 Å². The lowest BCUT2D eigenvalue weighted by atomic mass is 10.2. The number of nitrogens with one attached hydrogen (secondary N) is 1. The van der Waals surface area contributed by atoms with Crippen molar-refractivity contribution < 1.29 is 4.79 Å². The third-order valence-electron chi connectivity index (χ3n) is 3.24. The van der Waals surface area contributed by atoms with Gasteiger partial charge in [0.05, 0.1) is 11.6 Å². The molecule has 0 unspecified atom stereocenters. The third kappa shape index (κ3) is 3.26. The Morgan fingerprint density at radius 3 is 2.83 bits per heavy atom. The van der Waals surface area contributed by atoms with Gasteiger partial charge in [-0.1, -0.05) is 43.4 Å². The van der Waals surface area contributed by atoms with Crippen molar-refractivity contribution in [2.75, 3.05) is 5.32 Å². The van der Waals surface area contributed by atoms with Crippen LogP contribution in [0.25, 0.3) is 10.8 Å². The van der Waals surface area contributed by atoms with Crippen LogP contribution >= 0.6 is 11.3 Å². The standard InChI is InChI=1S/C15H15N5O2S/c1-9(2)13-18-19-15(23-13)17-12(21)8-20-14(22)11-6-4-3-5-10(11)7-16-20/h3-7,9H,8H2,1-2H3,(H,17,19,21). The molecule has 23 heavy (non-hydrogen) atoms. The van der Waals surface area contributed by atoms with Crippen LogP contribution in [0, 0.1) is 0 Å². The van der Waals surface area contributed by atoms with Gasteiger partial charge in [0.1, 0.15) is 11.6 Å². The fraction of sp³-hybridized carbons (Fsp3) is 0.267.